The van der Waals surface area contributed by atoms with Gasteiger partial charge in [-0.15, -0.1) is 0 Å². The highest BCUT2D eigenvalue weighted by molar-refractivity contribution is 5.75. The van der Waals surface area contributed by atoms with Crippen LogP contribution in [-0.4, -0.2) is 64.7 Å². The summed E-state index contributed by atoms with van der Waals surface area (Å²) in [5.41, 5.74) is 1.83. The minimum absolute atomic E-state index is 0.00163. The van der Waals surface area contributed by atoms with Gasteiger partial charge in [0.25, 0.3) is 0 Å². The van der Waals surface area contributed by atoms with E-state index < -0.39 is 5.60 Å². The van der Waals surface area contributed by atoms with Crippen molar-refractivity contribution in [3.8, 4) is 0 Å². The fourth-order valence-electron chi connectivity index (χ4n) is 4.49. The molecule has 0 spiro atoms. The van der Waals surface area contributed by atoms with Gasteiger partial charge in [-0.25, -0.2) is 9.97 Å². The van der Waals surface area contributed by atoms with Crippen LogP contribution < -0.4 is 15.5 Å². The van der Waals surface area contributed by atoms with E-state index in [2.05, 4.69) is 54.7 Å². The highest BCUT2D eigenvalue weighted by Crippen LogP contribution is 2.25. The van der Waals surface area contributed by atoms with E-state index in [0.717, 1.165) is 50.7 Å². The molecule has 8 heteroatoms. The van der Waals surface area contributed by atoms with Gasteiger partial charge in [0, 0.05) is 52.3 Å². The number of anilines is 2. The largest absolute Gasteiger partial charge is 0.386 e. The molecule has 0 unspecified atom stereocenters. The Labute approximate surface area is 183 Å². The summed E-state index contributed by atoms with van der Waals surface area (Å²) in [6.45, 7) is 4.37. The monoisotopic (exact) mass is 424 g/mol. The number of rotatable bonds is 8. The Morgan fingerprint density at radius 2 is 2.00 bits per heavy atom. The Morgan fingerprint density at radius 3 is 2.74 bits per heavy atom. The van der Waals surface area contributed by atoms with E-state index in [1.54, 1.807) is 0 Å². The molecule has 3 heterocycles. The topological polar surface area (TPSA) is 93.6 Å². The number of aromatic nitrogens is 2. The molecule has 1 aromatic heterocycles. The van der Waals surface area contributed by atoms with Crippen molar-refractivity contribution in [3.05, 3.63) is 47.8 Å². The number of amides is 1. The zero-order valence-corrected chi connectivity index (χ0v) is 18.2. The number of nitrogens with zero attached hydrogens (tertiary/aromatic N) is 4. The summed E-state index contributed by atoms with van der Waals surface area (Å²) in [4.78, 5) is 25.3. The number of nitrogens with one attached hydrogen (secondary N) is 2. The second-order valence-electron chi connectivity index (χ2n) is 8.62. The summed E-state index contributed by atoms with van der Waals surface area (Å²) in [6, 6.07) is 10.4. The maximum atomic E-state index is 12.4. The molecule has 8 nitrogen and oxygen atoms in total. The number of fused-ring (bicyclic) bond motifs is 1. The molecule has 1 aromatic carbocycles. The molecule has 0 bridgehead atoms. The lowest BCUT2D eigenvalue weighted by molar-refractivity contribution is -0.122. The van der Waals surface area contributed by atoms with Gasteiger partial charge in [-0.05, 0) is 36.9 Å². The highest BCUT2D eigenvalue weighted by atomic mass is 16.3. The van der Waals surface area contributed by atoms with E-state index in [0.29, 0.717) is 19.4 Å². The predicted molar refractivity (Wildman–Crippen MR) is 121 cm³/mol. The van der Waals surface area contributed by atoms with Gasteiger partial charge >= 0.3 is 0 Å². The van der Waals surface area contributed by atoms with Crippen molar-refractivity contribution in [3.63, 3.8) is 0 Å². The van der Waals surface area contributed by atoms with Crippen molar-refractivity contribution < 1.29 is 9.90 Å². The Kier molecular flexibility index (Phi) is 6.67. The molecule has 0 aliphatic carbocycles. The maximum absolute atomic E-state index is 12.4. The number of carbonyl (C=O) groups is 1. The van der Waals surface area contributed by atoms with Crippen molar-refractivity contribution in [1.29, 1.82) is 0 Å². The Balaban J connectivity index is 1.20. The van der Waals surface area contributed by atoms with Gasteiger partial charge in [0.2, 0.25) is 5.91 Å². The quantitative estimate of drug-likeness (QED) is 0.595. The number of hydrogen-bond acceptors (Lipinski definition) is 7. The van der Waals surface area contributed by atoms with E-state index >= 15 is 0 Å². The third-order valence-corrected chi connectivity index (χ3v) is 6.19. The van der Waals surface area contributed by atoms with Gasteiger partial charge in [-0.3, -0.25) is 9.69 Å². The Hall–Kier alpha value is -2.71. The molecule has 31 heavy (non-hydrogen) atoms. The number of carbonyl (C=O) groups excluding carboxylic acids is 1. The van der Waals surface area contributed by atoms with Gasteiger partial charge in [0.15, 0.2) is 0 Å². The normalized spacial score (nSPS) is 21.0. The summed E-state index contributed by atoms with van der Waals surface area (Å²) in [5, 5.41) is 17.0. The molecule has 0 radical (unpaired) electrons. The molecule has 1 saturated heterocycles. The third-order valence-electron chi connectivity index (χ3n) is 6.19. The van der Waals surface area contributed by atoms with Crippen LogP contribution in [0.4, 0.5) is 11.6 Å². The molecular weight excluding hydrogens is 392 g/mol. The molecule has 4 rings (SSSR count). The number of hydrogen-bond donors (Lipinski definition) is 3. The summed E-state index contributed by atoms with van der Waals surface area (Å²) >= 11 is 0. The first kappa shape index (κ1) is 21.5. The molecular formula is C23H32N6O2. The second-order valence-corrected chi connectivity index (χ2v) is 8.62. The van der Waals surface area contributed by atoms with E-state index in [9.17, 15) is 9.90 Å². The predicted octanol–water partition coefficient (Wildman–Crippen LogP) is 1.76. The summed E-state index contributed by atoms with van der Waals surface area (Å²) in [6.07, 6.45) is 4.33. The van der Waals surface area contributed by atoms with Crippen LogP contribution in [0.25, 0.3) is 0 Å². The van der Waals surface area contributed by atoms with Crippen molar-refractivity contribution in [2.45, 2.75) is 44.4 Å². The van der Waals surface area contributed by atoms with Crippen LogP contribution in [0, 0.1) is 0 Å². The van der Waals surface area contributed by atoms with Gasteiger partial charge in [-0.2, -0.15) is 0 Å². The number of aliphatic hydroxyl groups is 1. The van der Waals surface area contributed by atoms with Gasteiger partial charge in [0.1, 0.15) is 18.0 Å². The fourth-order valence-corrected chi connectivity index (χ4v) is 4.49. The maximum Gasteiger partial charge on any atom is 0.220 e. The molecule has 2 aromatic rings. The van der Waals surface area contributed by atoms with Crippen molar-refractivity contribution in [2.24, 2.45) is 0 Å². The molecule has 1 fully saturated rings. The fraction of sp³-hybridized carbons (Fsp3) is 0.522. The van der Waals surface area contributed by atoms with Crippen molar-refractivity contribution in [2.75, 3.05) is 43.4 Å². The lowest BCUT2D eigenvalue weighted by Gasteiger charge is -2.39. The lowest BCUT2D eigenvalue weighted by atomic mass is 9.92. The van der Waals surface area contributed by atoms with Gasteiger partial charge in [0.05, 0.1) is 5.60 Å². The van der Waals surface area contributed by atoms with Crippen LogP contribution in [0.3, 0.4) is 0 Å². The third kappa shape index (κ3) is 5.51. The van der Waals surface area contributed by atoms with Gasteiger partial charge < -0.3 is 20.6 Å². The zero-order valence-electron chi connectivity index (χ0n) is 18.2. The minimum Gasteiger partial charge on any atom is -0.386 e. The number of β-amino-alcohol motifs (C(OH)–C–C–N with tert-alkyl or cyclic N) is 1. The second kappa shape index (κ2) is 9.62. The average molecular weight is 425 g/mol. The summed E-state index contributed by atoms with van der Waals surface area (Å²) < 4.78 is 0. The van der Waals surface area contributed by atoms with Crippen molar-refractivity contribution >= 4 is 17.5 Å². The smallest absolute Gasteiger partial charge is 0.220 e. The van der Waals surface area contributed by atoms with Gasteiger partial charge in [-0.1, -0.05) is 24.3 Å². The first-order valence-electron chi connectivity index (χ1n) is 11.1. The van der Waals surface area contributed by atoms with E-state index in [4.69, 9.17) is 0 Å². The lowest BCUT2D eigenvalue weighted by Crippen LogP contribution is -2.54. The van der Waals surface area contributed by atoms with Crippen molar-refractivity contribution in [1.82, 2.24) is 20.2 Å². The molecule has 1 amide bonds. The molecule has 2 aliphatic heterocycles. The highest BCUT2D eigenvalue weighted by Gasteiger charge is 2.34. The molecule has 166 valence electrons. The zero-order chi connectivity index (χ0) is 21.7. The van der Waals surface area contributed by atoms with Crippen LogP contribution in [0.15, 0.2) is 36.7 Å². The summed E-state index contributed by atoms with van der Waals surface area (Å²) in [5.74, 6) is 1.53. The van der Waals surface area contributed by atoms with E-state index in [-0.39, 0.29) is 12.5 Å². The summed E-state index contributed by atoms with van der Waals surface area (Å²) in [7, 11) is 1.82. The van der Waals surface area contributed by atoms with Crippen LogP contribution in [0.5, 0.6) is 0 Å². The molecule has 2 aliphatic rings. The number of piperidine rings is 1. The number of benzene rings is 1. The SMILES string of the molecule is CNc1cc(N2CCC[C@@](O)(CNC(=O)CCCN3Cc4ccccc4C3)C2)ncn1. The van der Waals surface area contributed by atoms with Crippen LogP contribution >= 0.6 is 0 Å². The molecule has 0 saturated carbocycles. The minimum atomic E-state index is -0.949. The first-order valence-corrected chi connectivity index (χ1v) is 11.1. The molecule has 3 N–H and O–H groups in total. The Morgan fingerprint density at radius 1 is 1.23 bits per heavy atom. The Bertz CT molecular complexity index is 882. The van der Waals surface area contributed by atoms with Crippen LogP contribution in [-0.2, 0) is 17.9 Å². The standard InChI is InChI=1S/C23H32N6O2/c1-24-20-12-21(27-17-26-20)29-11-5-9-23(31,16-29)15-25-22(30)8-4-10-28-13-18-6-2-3-7-19(18)14-28/h2-3,6-7,12,17,31H,4-5,8-11,13-16H2,1H3,(H,25,30)(H,24,26,27)/t23-/m1/s1. The van der Waals surface area contributed by atoms with Crippen LogP contribution in [0.1, 0.15) is 36.8 Å². The van der Waals surface area contributed by atoms with Crippen LogP contribution in [0.2, 0.25) is 0 Å². The van der Waals surface area contributed by atoms with E-state index in [1.165, 1.54) is 17.5 Å². The van der Waals surface area contributed by atoms with E-state index in [1.807, 2.05) is 13.1 Å². The average Bonchev–Trinajstić information content (AvgIpc) is 3.21. The first-order chi connectivity index (χ1) is 15.0. The molecule has 1 atom stereocenters.